The molecular weight excluding hydrogens is 327 g/mol. The molecule has 26 heavy (non-hydrogen) atoms. The molecule has 2 aromatic carbocycles. The monoisotopic (exact) mass is 354 g/mol. The maximum Gasteiger partial charge on any atom is 0.221 e. The standard InChI is InChI=1S/C22H27FN2O/c1-16(17-10-12-24-13-11-17)14-21(26)25-22(18-6-3-2-4-7-18)19-8-5-9-20(23)15-19/h2-9,15-17,22,24H,10-14H2,1H3,(H,25,26). The Kier molecular flexibility index (Phi) is 6.40. The van der Waals surface area contributed by atoms with Gasteiger partial charge in [-0.05, 0) is 61.0 Å². The summed E-state index contributed by atoms with van der Waals surface area (Å²) in [5.41, 5.74) is 1.72. The Morgan fingerprint density at radius 1 is 1.12 bits per heavy atom. The fourth-order valence-electron chi connectivity index (χ4n) is 3.78. The van der Waals surface area contributed by atoms with Crippen LogP contribution >= 0.6 is 0 Å². The van der Waals surface area contributed by atoms with Gasteiger partial charge in [-0.15, -0.1) is 0 Å². The number of piperidine rings is 1. The Balaban J connectivity index is 1.72. The van der Waals surface area contributed by atoms with Gasteiger partial charge in [0, 0.05) is 6.42 Å². The largest absolute Gasteiger partial charge is 0.345 e. The molecule has 3 nitrogen and oxygen atoms in total. The van der Waals surface area contributed by atoms with E-state index in [2.05, 4.69) is 17.6 Å². The smallest absolute Gasteiger partial charge is 0.221 e. The van der Waals surface area contributed by atoms with E-state index in [-0.39, 0.29) is 17.8 Å². The van der Waals surface area contributed by atoms with E-state index >= 15 is 0 Å². The van der Waals surface area contributed by atoms with E-state index in [1.807, 2.05) is 36.4 Å². The number of carbonyl (C=O) groups excluding carboxylic acids is 1. The van der Waals surface area contributed by atoms with Crippen molar-refractivity contribution < 1.29 is 9.18 Å². The molecule has 1 fully saturated rings. The van der Waals surface area contributed by atoms with Gasteiger partial charge in [-0.1, -0.05) is 49.4 Å². The summed E-state index contributed by atoms with van der Waals surface area (Å²) in [6, 6.07) is 15.9. The third-order valence-electron chi connectivity index (χ3n) is 5.32. The second kappa shape index (κ2) is 8.95. The molecule has 2 N–H and O–H groups in total. The fourth-order valence-corrected chi connectivity index (χ4v) is 3.78. The molecule has 0 radical (unpaired) electrons. The van der Waals surface area contributed by atoms with Crippen LogP contribution < -0.4 is 10.6 Å². The van der Waals surface area contributed by atoms with E-state index in [4.69, 9.17) is 0 Å². The highest BCUT2D eigenvalue weighted by atomic mass is 19.1. The quantitative estimate of drug-likeness (QED) is 0.821. The van der Waals surface area contributed by atoms with E-state index in [1.165, 1.54) is 12.1 Å². The molecule has 0 spiro atoms. The Morgan fingerprint density at radius 2 is 1.81 bits per heavy atom. The summed E-state index contributed by atoms with van der Waals surface area (Å²) in [7, 11) is 0. The summed E-state index contributed by atoms with van der Waals surface area (Å²) >= 11 is 0. The topological polar surface area (TPSA) is 41.1 Å². The van der Waals surface area contributed by atoms with Gasteiger partial charge in [0.15, 0.2) is 0 Å². The predicted octanol–water partition coefficient (Wildman–Crippen LogP) is 4.06. The molecule has 1 heterocycles. The summed E-state index contributed by atoms with van der Waals surface area (Å²) in [5.74, 6) is 0.669. The van der Waals surface area contributed by atoms with Crippen molar-refractivity contribution in [1.29, 1.82) is 0 Å². The van der Waals surface area contributed by atoms with Crippen molar-refractivity contribution in [2.24, 2.45) is 11.8 Å². The minimum absolute atomic E-state index is 0.0224. The molecule has 3 rings (SSSR count). The molecule has 2 unspecified atom stereocenters. The van der Waals surface area contributed by atoms with Gasteiger partial charge in [0.1, 0.15) is 5.82 Å². The van der Waals surface area contributed by atoms with Crippen molar-refractivity contribution in [2.75, 3.05) is 13.1 Å². The number of nitrogens with one attached hydrogen (secondary N) is 2. The number of rotatable bonds is 6. The molecule has 1 amide bonds. The number of benzene rings is 2. The molecule has 2 aromatic rings. The van der Waals surface area contributed by atoms with Crippen LogP contribution in [0.5, 0.6) is 0 Å². The van der Waals surface area contributed by atoms with Gasteiger partial charge in [0.25, 0.3) is 0 Å². The Bertz CT molecular complexity index is 713. The first-order valence-electron chi connectivity index (χ1n) is 9.44. The first-order valence-corrected chi connectivity index (χ1v) is 9.44. The predicted molar refractivity (Wildman–Crippen MR) is 102 cm³/mol. The number of hydrogen-bond donors (Lipinski definition) is 2. The molecule has 1 saturated heterocycles. The minimum atomic E-state index is -0.334. The molecule has 1 aliphatic heterocycles. The maximum absolute atomic E-state index is 13.7. The van der Waals surface area contributed by atoms with Crippen molar-refractivity contribution in [3.05, 3.63) is 71.5 Å². The van der Waals surface area contributed by atoms with Crippen LogP contribution in [-0.2, 0) is 4.79 Å². The minimum Gasteiger partial charge on any atom is -0.345 e. The van der Waals surface area contributed by atoms with Crippen LogP contribution in [0.3, 0.4) is 0 Å². The summed E-state index contributed by atoms with van der Waals surface area (Å²) in [4.78, 5) is 12.7. The molecule has 1 aliphatic rings. The molecule has 138 valence electrons. The second-order valence-corrected chi connectivity index (χ2v) is 7.24. The van der Waals surface area contributed by atoms with Crippen molar-refractivity contribution in [1.82, 2.24) is 10.6 Å². The van der Waals surface area contributed by atoms with Gasteiger partial charge < -0.3 is 10.6 Å². The van der Waals surface area contributed by atoms with Crippen molar-refractivity contribution in [3.8, 4) is 0 Å². The molecule has 0 bridgehead atoms. The normalized spacial score (nSPS) is 17.5. The Hall–Kier alpha value is -2.20. The number of carbonyl (C=O) groups is 1. The SMILES string of the molecule is CC(CC(=O)NC(c1ccccc1)c1cccc(F)c1)C1CCNCC1. The molecule has 0 saturated carbocycles. The van der Waals surface area contributed by atoms with Crippen LogP contribution in [0.25, 0.3) is 0 Å². The van der Waals surface area contributed by atoms with Crippen molar-refractivity contribution >= 4 is 5.91 Å². The zero-order valence-corrected chi connectivity index (χ0v) is 15.2. The number of halogens is 1. The lowest BCUT2D eigenvalue weighted by Gasteiger charge is -2.28. The molecule has 0 aliphatic carbocycles. The first-order chi connectivity index (χ1) is 12.6. The summed E-state index contributed by atoms with van der Waals surface area (Å²) in [6.45, 7) is 4.23. The average molecular weight is 354 g/mol. The zero-order chi connectivity index (χ0) is 18.4. The number of amides is 1. The lowest BCUT2D eigenvalue weighted by Crippen LogP contribution is -2.35. The maximum atomic E-state index is 13.7. The lowest BCUT2D eigenvalue weighted by atomic mass is 9.84. The van der Waals surface area contributed by atoms with Crippen LogP contribution in [-0.4, -0.2) is 19.0 Å². The lowest BCUT2D eigenvalue weighted by molar-refractivity contribution is -0.122. The van der Waals surface area contributed by atoms with E-state index in [9.17, 15) is 9.18 Å². The summed E-state index contributed by atoms with van der Waals surface area (Å²) in [5, 5.41) is 6.49. The Labute approximate surface area is 155 Å². The summed E-state index contributed by atoms with van der Waals surface area (Å²) in [6.07, 6.45) is 2.75. The Morgan fingerprint density at radius 3 is 2.50 bits per heavy atom. The van der Waals surface area contributed by atoms with Crippen LogP contribution in [0, 0.1) is 17.7 Å². The van der Waals surface area contributed by atoms with Crippen LogP contribution in [0.1, 0.15) is 43.4 Å². The van der Waals surface area contributed by atoms with Gasteiger partial charge in [-0.2, -0.15) is 0 Å². The molecular formula is C22H27FN2O. The fraction of sp³-hybridized carbons (Fsp3) is 0.409. The highest BCUT2D eigenvalue weighted by Gasteiger charge is 2.24. The first kappa shape index (κ1) is 18.6. The third-order valence-corrected chi connectivity index (χ3v) is 5.32. The van der Waals surface area contributed by atoms with Crippen molar-refractivity contribution in [3.63, 3.8) is 0 Å². The van der Waals surface area contributed by atoms with Gasteiger partial charge in [-0.25, -0.2) is 4.39 Å². The highest BCUT2D eigenvalue weighted by Crippen LogP contribution is 2.26. The van der Waals surface area contributed by atoms with E-state index < -0.39 is 0 Å². The van der Waals surface area contributed by atoms with E-state index in [0.29, 0.717) is 18.3 Å². The number of hydrogen-bond acceptors (Lipinski definition) is 2. The van der Waals surface area contributed by atoms with Crippen LogP contribution in [0.4, 0.5) is 4.39 Å². The van der Waals surface area contributed by atoms with Gasteiger partial charge >= 0.3 is 0 Å². The van der Waals surface area contributed by atoms with Gasteiger partial charge in [-0.3, -0.25) is 4.79 Å². The molecule has 4 heteroatoms. The van der Waals surface area contributed by atoms with Crippen molar-refractivity contribution in [2.45, 2.75) is 32.2 Å². The highest BCUT2D eigenvalue weighted by molar-refractivity contribution is 5.77. The second-order valence-electron chi connectivity index (χ2n) is 7.24. The zero-order valence-electron chi connectivity index (χ0n) is 15.2. The van der Waals surface area contributed by atoms with Crippen LogP contribution in [0.2, 0.25) is 0 Å². The van der Waals surface area contributed by atoms with E-state index in [0.717, 1.165) is 37.1 Å². The average Bonchev–Trinajstić information content (AvgIpc) is 2.67. The molecule has 0 aromatic heterocycles. The third kappa shape index (κ3) is 4.92. The van der Waals surface area contributed by atoms with Gasteiger partial charge in [0.2, 0.25) is 5.91 Å². The van der Waals surface area contributed by atoms with Gasteiger partial charge in [0.05, 0.1) is 6.04 Å². The molecule has 2 atom stereocenters. The van der Waals surface area contributed by atoms with E-state index in [1.54, 1.807) is 6.07 Å². The summed E-state index contributed by atoms with van der Waals surface area (Å²) < 4.78 is 13.7. The van der Waals surface area contributed by atoms with Crippen LogP contribution in [0.15, 0.2) is 54.6 Å².